The van der Waals surface area contributed by atoms with Gasteiger partial charge < -0.3 is 15.4 Å². The number of H-pyrrole nitrogens is 1. The molecule has 1 aliphatic rings. The summed E-state index contributed by atoms with van der Waals surface area (Å²) < 4.78 is 0. The average molecular weight is 332 g/mol. The maximum Gasteiger partial charge on any atom is 0.329 e. The van der Waals surface area contributed by atoms with Gasteiger partial charge in [0.1, 0.15) is 5.54 Å². The molecule has 2 aromatic rings. The largest absolute Gasteiger partial charge is 0.480 e. The molecule has 3 rings (SSSR count). The van der Waals surface area contributed by atoms with Gasteiger partial charge in [0, 0.05) is 17.0 Å². The third-order valence-electron chi connectivity index (χ3n) is 4.10. The molecule has 0 bridgehead atoms. The highest BCUT2D eigenvalue weighted by atomic mass is 32.2. The number of pyridine rings is 1. The lowest BCUT2D eigenvalue weighted by Crippen LogP contribution is -2.56. The van der Waals surface area contributed by atoms with Gasteiger partial charge in [-0.15, -0.1) is 0 Å². The van der Waals surface area contributed by atoms with Crippen LogP contribution in [0.5, 0.6) is 0 Å². The molecule has 7 heteroatoms. The van der Waals surface area contributed by atoms with Gasteiger partial charge in [-0.2, -0.15) is 11.8 Å². The highest BCUT2D eigenvalue weighted by molar-refractivity contribution is 7.99. The van der Waals surface area contributed by atoms with E-state index in [9.17, 15) is 19.5 Å². The molecule has 1 saturated heterocycles. The lowest BCUT2D eigenvalue weighted by molar-refractivity contribution is -0.144. The first-order chi connectivity index (χ1) is 11.0. The molecule has 1 fully saturated rings. The van der Waals surface area contributed by atoms with Gasteiger partial charge in [-0.25, -0.2) is 4.79 Å². The quantitative estimate of drug-likeness (QED) is 0.793. The zero-order chi connectivity index (χ0) is 16.4. The number of fused-ring (bicyclic) bond motifs is 1. The topological polar surface area (TPSA) is 99.3 Å². The molecule has 3 N–H and O–H groups in total. The van der Waals surface area contributed by atoms with E-state index in [0.29, 0.717) is 35.3 Å². The molecule has 0 saturated carbocycles. The number of aromatic amines is 1. The number of para-hydroxylation sites is 1. The third-order valence-corrected chi connectivity index (χ3v) is 5.09. The smallest absolute Gasteiger partial charge is 0.329 e. The van der Waals surface area contributed by atoms with Gasteiger partial charge in [-0.1, -0.05) is 18.2 Å². The third kappa shape index (κ3) is 2.96. The second kappa shape index (κ2) is 6.08. The van der Waals surface area contributed by atoms with Crippen molar-refractivity contribution in [2.24, 2.45) is 0 Å². The normalized spacial score (nSPS) is 16.9. The summed E-state index contributed by atoms with van der Waals surface area (Å²) in [4.78, 5) is 38.8. The van der Waals surface area contributed by atoms with E-state index in [1.165, 1.54) is 6.07 Å². The number of carbonyl (C=O) groups excluding carboxylic acids is 1. The van der Waals surface area contributed by atoms with E-state index >= 15 is 0 Å². The Morgan fingerprint density at radius 2 is 1.91 bits per heavy atom. The van der Waals surface area contributed by atoms with Crippen molar-refractivity contribution in [2.75, 3.05) is 11.5 Å². The monoisotopic (exact) mass is 332 g/mol. The number of amides is 1. The number of thioether (sulfide) groups is 1. The number of hydrogen-bond donors (Lipinski definition) is 3. The lowest BCUT2D eigenvalue weighted by atomic mass is 9.91. The molecule has 6 nitrogen and oxygen atoms in total. The van der Waals surface area contributed by atoms with E-state index < -0.39 is 23.0 Å². The van der Waals surface area contributed by atoms with E-state index in [4.69, 9.17) is 0 Å². The molecule has 1 aromatic carbocycles. The SMILES string of the molecule is O=C(NC1(C(=O)O)CCSCC1)c1cc(=O)[nH]c2ccccc12. The Morgan fingerprint density at radius 3 is 2.61 bits per heavy atom. The van der Waals surface area contributed by atoms with Gasteiger partial charge >= 0.3 is 5.97 Å². The molecule has 0 spiro atoms. The second-order valence-electron chi connectivity index (χ2n) is 5.55. The highest BCUT2D eigenvalue weighted by Crippen LogP contribution is 2.28. The van der Waals surface area contributed by atoms with Crippen molar-refractivity contribution in [3.8, 4) is 0 Å². The van der Waals surface area contributed by atoms with Crippen molar-refractivity contribution in [1.29, 1.82) is 0 Å². The molecule has 0 atom stereocenters. The maximum atomic E-state index is 12.7. The van der Waals surface area contributed by atoms with Crippen LogP contribution in [-0.2, 0) is 4.79 Å². The molecule has 1 amide bonds. The summed E-state index contributed by atoms with van der Waals surface area (Å²) >= 11 is 1.67. The summed E-state index contributed by atoms with van der Waals surface area (Å²) in [6.45, 7) is 0. The van der Waals surface area contributed by atoms with Gasteiger partial charge in [-0.05, 0) is 30.4 Å². The van der Waals surface area contributed by atoms with Crippen LogP contribution in [0.3, 0.4) is 0 Å². The van der Waals surface area contributed by atoms with Crippen LogP contribution in [0.4, 0.5) is 0 Å². The standard InChI is InChI=1S/C16H16N2O4S/c19-13-9-11(10-3-1-2-4-12(10)17-13)14(20)18-16(15(21)22)5-7-23-8-6-16/h1-4,9H,5-8H2,(H,17,19)(H,18,20)(H,21,22). The lowest BCUT2D eigenvalue weighted by Gasteiger charge is -2.33. The average Bonchev–Trinajstić information content (AvgIpc) is 2.54. The number of aromatic nitrogens is 1. The van der Waals surface area contributed by atoms with Gasteiger partial charge in [0.05, 0.1) is 5.56 Å². The predicted octanol–water partition coefficient (Wildman–Crippen LogP) is 1.61. The summed E-state index contributed by atoms with van der Waals surface area (Å²) in [5.74, 6) is -0.187. The number of carbonyl (C=O) groups is 2. The van der Waals surface area contributed by atoms with Crippen LogP contribution in [0.15, 0.2) is 35.1 Å². The molecular weight excluding hydrogens is 316 g/mol. The van der Waals surface area contributed by atoms with Crippen molar-refractivity contribution in [3.63, 3.8) is 0 Å². The summed E-state index contributed by atoms with van der Waals surface area (Å²) in [7, 11) is 0. The molecule has 23 heavy (non-hydrogen) atoms. The van der Waals surface area contributed by atoms with E-state index in [1.54, 1.807) is 36.0 Å². The van der Waals surface area contributed by atoms with Crippen LogP contribution in [0, 0.1) is 0 Å². The fourth-order valence-electron chi connectivity index (χ4n) is 2.79. The Hall–Kier alpha value is -2.28. The zero-order valence-electron chi connectivity index (χ0n) is 12.3. The Morgan fingerprint density at radius 1 is 1.22 bits per heavy atom. The molecule has 120 valence electrons. The highest BCUT2D eigenvalue weighted by Gasteiger charge is 2.41. The summed E-state index contributed by atoms with van der Waals surface area (Å²) in [5.41, 5.74) is -0.902. The first-order valence-corrected chi connectivity index (χ1v) is 8.43. The first kappa shape index (κ1) is 15.6. The van der Waals surface area contributed by atoms with Crippen LogP contribution >= 0.6 is 11.8 Å². The maximum absolute atomic E-state index is 12.7. The van der Waals surface area contributed by atoms with E-state index in [1.807, 2.05) is 0 Å². The predicted molar refractivity (Wildman–Crippen MR) is 89.0 cm³/mol. The van der Waals surface area contributed by atoms with Crippen LogP contribution in [0.25, 0.3) is 10.9 Å². The first-order valence-electron chi connectivity index (χ1n) is 7.28. The fourth-order valence-corrected chi connectivity index (χ4v) is 3.98. The van der Waals surface area contributed by atoms with Crippen molar-refractivity contribution >= 4 is 34.5 Å². The number of carboxylic acid groups (broad SMARTS) is 1. The van der Waals surface area contributed by atoms with Gasteiger partial charge in [0.15, 0.2) is 0 Å². The van der Waals surface area contributed by atoms with E-state index in [-0.39, 0.29) is 5.56 Å². The zero-order valence-corrected chi connectivity index (χ0v) is 13.1. The van der Waals surface area contributed by atoms with Gasteiger partial charge in [-0.3, -0.25) is 9.59 Å². The molecule has 0 aliphatic carbocycles. The fraction of sp³-hybridized carbons (Fsp3) is 0.312. The minimum atomic E-state index is -1.26. The number of nitrogens with one attached hydrogen (secondary N) is 2. The van der Waals surface area contributed by atoms with E-state index in [2.05, 4.69) is 10.3 Å². The summed E-state index contributed by atoms with van der Waals surface area (Å²) in [6.07, 6.45) is 0.750. The van der Waals surface area contributed by atoms with Gasteiger partial charge in [0.2, 0.25) is 5.56 Å². The van der Waals surface area contributed by atoms with Crippen molar-refractivity contribution in [2.45, 2.75) is 18.4 Å². The van der Waals surface area contributed by atoms with Gasteiger partial charge in [0.25, 0.3) is 5.91 Å². The van der Waals surface area contributed by atoms with E-state index in [0.717, 1.165) is 0 Å². The molecular formula is C16H16N2O4S. The summed E-state index contributed by atoms with van der Waals surface area (Å²) in [6, 6.07) is 8.17. The Kier molecular flexibility index (Phi) is 4.12. The Labute approximate surface area is 136 Å². The minimum Gasteiger partial charge on any atom is -0.480 e. The Balaban J connectivity index is 2.00. The van der Waals surface area contributed by atoms with Crippen molar-refractivity contribution in [3.05, 3.63) is 46.2 Å². The van der Waals surface area contributed by atoms with Crippen molar-refractivity contribution in [1.82, 2.24) is 10.3 Å². The number of rotatable bonds is 3. The second-order valence-corrected chi connectivity index (χ2v) is 6.77. The Bertz CT molecular complexity index is 824. The van der Waals surface area contributed by atoms with Crippen LogP contribution in [-0.4, -0.2) is 39.0 Å². The number of benzene rings is 1. The van der Waals surface area contributed by atoms with Crippen LogP contribution < -0.4 is 10.9 Å². The summed E-state index contributed by atoms with van der Waals surface area (Å²) in [5, 5.41) is 12.8. The van der Waals surface area contributed by atoms with Crippen LogP contribution in [0.1, 0.15) is 23.2 Å². The number of aliphatic carboxylic acids is 1. The molecule has 0 radical (unpaired) electrons. The molecule has 1 aliphatic heterocycles. The molecule has 0 unspecified atom stereocenters. The number of carboxylic acids is 1. The minimum absolute atomic E-state index is 0.197. The van der Waals surface area contributed by atoms with Crippen LogP contribution in [0.2, 0.25) is 0 Å². The molecule has 2 heterocycles. The number of hydrogen-bond acceptors (Lipinski definition) is 4. The van der Waals surface area contributed by atoms with Crippen molar-refractivity contribution < 1.29 is 14.7 Å². The molecule has 1 aromatic heterocycles.